The molecule has 0 aliphatic heterocycles. The minimum absolute atomic E-state index is 0.170. The SMILES string of the molecule is Cc1cc2c(s1)-c1ccccc1C2=Nc1ccc(C(C)(C)C)cc1. The van der Waals surface area contributed by atoms with Gasteiger partial charge in [-0.05, 0) is 36.1 Å². The molecule has 1 heterocycles. The van der Waals surface area contributed by atoms with Crippen LogP contribution in [0, 0.1) is 6.92 Å². The summed E-state index contributed by atoms with van der Waals surface area (Å²) in [5.41, 5.74) is 7.47. The zero-order valence-electron chi connectivity index (χ0n) is 14.6. The van der Waals surface area contributed by atoms with E-state index in [4.69, 9.17) is 4.99 Å². The molecule has 1 aromatic heterocycles. The molecule has 120 valence electrons. The molecule has 0 saturated carbocycles. The largest absolute Gasteiger partial charge is 0.248 e. The summed E-state index contributed by atoms with van der Waals surface area (Å²) in [4.78, 5) is 7.69. The summed E-state index contributed by atoms with van der Waals surface area (Å²) in [5, 5.41) is 0. The third-order valence-electron chi connectivity index (χ3n) is 4.51. The molecule has 2 heteroatoms. The first-order valence-electron chi connectivity index (χ1n) is 8.33. The maximum atomic E-state index is 5.00. The van der Waals surface area contributed by atoms with E-state index in [1.807, 2.05) is 11.3 Å². The third-order valence-corrected chi connectivity index (χ3v) is 5.60. The van der Waals surface area contributed by atoms with Crippen LogP contribution in [-0.4, -0.2) is 5.71 Å². The quantitative estimate of drug-likeness (QED) is 0.377. The van der Waals surface area contributed by atoms with Gasteiger partial charge < -0.3 is 0 Å². The zero-order chi connectivity index (χ0) is 16.9. The smallest absolute Gasteiger partial charge is 0.0802 e. The molecule has 0 bridgehead atoms. The van der Waals surface area contributed by atoms with Gasteiger partial charge in [-0.25, -0.2) is 4.99 Å². The molecule has 24 heavy (non-hydrogen) atoms. The Morgan fingerprint density at radius 1 is 0.833 bits per heavy atom. The van der Waals surface area contributed by atoms with Gasteiger partial charge in [-0.1, -0.05) is 57.2 Å². The van der Waals surface area contributed by atoms with E-state index in [-0.39, 0.29) is 5.41 Å². The fourth-order valence-corrected chi connectivity index (χ4v) is 4.26. The highest BCUT2D eigenvalue weighted by molar-refractivity contribution is 7.16. The van der Waals surface area contributed by atoms with Crippen LogP contribution in [0.4, 0.5) is 5.69 Å². The highest BCUT2D eigenvalue weighted by Crippen LogP contribution is 2.43. The van der Waals surface area contributed by atoms with Crippen LogP contribution in [0.5, 0.6) is 0 Å². The Labute approximate surface area is 147 Å². The second-order valence-corrected chi connectivity index (χ2v) is 8.66. The Bertz CT molecular complexity index is 937. The average molecular weight is 331 g/mol. The van der Waals surface area contributed by atoms with Gasteiger partial charge in [-0.2, -0.15) is 0 Å². The van der Waals surface area contributed by atoms with E-state index < -0.39 is 0 Å². The summed E-state index contributed by atoms with van der Waals surface area (Å²) in [6, 6.07) is 19.5. The first kappa shape index (κ1) is 15.3. The van der Waals surface area contributed by atoms with E-state index >= 15 is 0 Å². The minimum atomic E-state index is 0.170. The van der Waals surface area contributed by atoms with E-state index in [9.17, 15) is 0 Å². The number of benzene rings is 2. The lowest BCUT2D eigenvalue weighted by Gasteiger charge is -2.18. The monoisotopic (exact) mass is 331 g/mol. The summed E-state index contributed by atoms with van der Waals surface area (Å²) in [6.45, 7) is 8.88. The number of aryl methyl sites for hydroxylation is 1. The minimum Gasteiger partial charge on any atom is -0.248 e. The lowest BCUT2D eigenvalue weighted by molar-refractivity contribution is 0.590. The van der Waals surface area contributed by atoms with Crippen molar-refractivity contribution in [2.75, 3.05) is 0 Å². The Morgan fingerprint density at radius 2 is 1.50 bits per heavy atom. The summed E-state index contributed by atoms with van der Waals surface area (Å²) < 4.78 is 0. The molecule has 0 saturated heterocycles. The number of rotatable bonds is 1. The molecule has 1 nitrogen and oxygen atoms in total. The predicted molar refractivity (Wildman–Crippen MR) is 105 cm³/mol. The van der Waals surface area contributed by atoms with Crippen LogP contribution in [0.1, 0.15) is 42.3 Å². The molecule has 0 unspecified atom stereocenters. The van der Waals surface area contributed by atoms with Gasteiger partial charge in [0.15, 0.2) is 0 Å². The van der Waals surface area contributed by atoms with Crippen LogP contribution in [0.2, 0.25) is 0 Å². The zero-order valence-corrected chi connectivity index (χ0v) is 15.4. The standard InChI is InChI=1S/C22H21NS/c1-14-13-19-20(17-7-5-6-8-18(17)21(19)24-14)23-16-11-9-15(10-12-16)22(2,3)4/h5-13H,1-4H3. The molecule has 3 aromatic rings. The first-order chi connectivity index (χ1) is 11.4. The number of hydrogen-bond acceptors (Lipinski definition) is 2. The van der Waals surface area contributed by atoms with Gasteiger partial charge in [0.05, 0.1) is 11.4 Å². The van der Waals surface area contributed by atoms with Crippen molar-refractivity contribution < 1.29 is 0 Å². The highest BCUT2D eigenvalue weighted by atomic mass is 32.1. The lowest BCUT2D eigenvalue weighted by atomic mass is 9.87. The summed E-state index contributed by atoms with van der Waals surface area (Å²) in [7, 11) is 0. The van der Waals surface area contributed by atoms with Crippen molar-refractivity contribution >= 4 is 22.7 Å². The summed E-state index contributed by atoms with van der Waals surface area (Å²) in [5.74, 6) is 0. The predicted octanol–water partition coefficient (Wildman–Crippen LogP) is 6.50. The van der Waals surface area contributed by atoms with Gasteiger partial charge in [0.25, 0.3) is 0 Å². The number of hydrogen-bond donors (Lipinski definition) is 0. The van der Waals surface area contributed by atoms with Crippen LogP contribution in [0.15, 0.2) is 59.6 Å². The Hall–Kier alpha value is -2.19. The highest BCUT2D eigenvalue weighted by Gasteiger charge is 2.26. The molecule has 4 rings (SSSR count). The Kier molecular flexibility index (Phi) is 3.47. The Balaban J connectivity index is 1.82. The van der Waals surface area contributed by atoms with Crippen molar-refractivity contribution in [3.05, 3.63) is 76.2 Å². The van der Waals surface area contributed by atoms with Crippen molar-refractivity contribution in [1.82, 2.24) is 0 Å². The second-order valence-electron chi connectivity index (χ2n) is 7.40. The van der Waals surface area contributed by atoms with Crippen LogP contribution in [0.25, 0.3) is 10.4 Å². The van der Waals surface area contributed by atoms with Gasteiger partial charge in [0.1, 0.15) is 0 Å². The number of fused-ring (bicyclic) bond motifs is 3. The van der Waals surface area contributed by atoms with E-state index in [0.29, 0.717) is 0 Å². The van der Waals surface area contributed by atoms with Gasteiger partial charge >= 0.3 is 0 Å². The van der Waals surface area contributed by atoms with Crippen molar-refractivity contribution in [1.29, 1.82) is 0 Å². The molecule has 0 N–H and O–H groups in total. The maximum Gasteiger partial charge on any atom is 0.0802 e. The van der Waals surface area contributed by atoms with Crippen LogP contribution >= 0.6 is 11.3 Å². The first-order valence-corrected chi connectivity index (χ1v) is 9.15. The normalized spacial score (nSPS) is 14.8. The number of thiophene rings is 1. The number of aliphatic imine (C=N–C) groups is 1. The van der Waals surface area contributed by atoms with Gasteiger partial charge in [0.2, 0.25) is 0 Å². The number of nitrogens with zero attached hydrogens (tertiary/aromatic N) is 1. The molecule has 2 aromatic carbocycles. The molecule has 0 fully saturated rings. The third kappa shape index (κ3) is 2.51. The van der Waals surface area contributed by atoms with Crippen molar-refractivity contribution in [2.24, 2.45) is 4.99 Å². The van der Waals surface area contributed by atoms with Gasteiger partial charge in [-0.3, -0.25) is 0 Å². The average Bonchev–Trinajstić information content (AvgIpc) is 3.05. The van der Waals surface area contributed by atoms with Crippen molar-refractivity contribution in [3.63, 3.8) is 0 Å². The molecule has 1 aliphatic carbocycles. The van der Waals surface area contributed by atoms with Gasteiger partial charge in [-0.15, -0.1) is 11.3 Å². The fraction of sp³-hybridized carbons (Fsp3) is 0.227. The second kappa shape index (κ2) is 5.42. The fourth-order valence-electron chi connectivity index (χ4n) is 3.21. The Morgan fingerprint density at radius 3 is 2.17 bits per heavy atom. The van der Waals surface area contributed by atoms with E-state index in [1.165, 1.54) is 32.0 Å². The van der Waals surface area contributed by atoms with Crippen LogP contribution in [-0.2, 0) is 5.41 Å². The molecular formula is C22H21NS. The molecular weight excluding hydrogens is 310 g/mol. The molecule has 1 aliphatic rings. The molecule has 0 spiro atoms. The van der Waals surface area contributed by atoms with Crippen LogP contribution in [0.3, 0.4) is 0 Å². The lowest BCUT2D eigenvalue weighted by Crippen LogP contribution is -2.10. The summed E-state index contributed by atoms with van der Waals surface area (Å²) in [6.07, 6.45) is 0. The molecule has 0 atom stereocenters. The van der Waals surface area contributed by atoms with Crippen LogP contribution < -0.4 is 0 Å². The van der Waals surface area contributed by atoms with E-state index in [0.717, 1.165) is 11.4 Å². The van der Waals surface area contributed by atoms with Crippen molar-refractivity contribution in [3.8, 4) is 10.4 Å². The summed E-state index contributed by atoms with van der Waals surface area (Å²) >= 11 is 1.86. The maximum absolute atomic E-state index is 5.00. The topological polar surface area (TPSA) is 12.4 Å². The van der Waals surface area contributed by atoms with Crippen molar-refractivity contribution in [2.45, 2.75) is 33.1 Å². The van der Waals surface area contributed by atoms with E-state index in [2.05, 4.69) is 82.3 Å². The van der Waals surface area contributed by atoms with Gasteiger partial charge in [0, 0.05) is 26.4 Å². The molecule has 0 amide bonds. The molecule has 0 radical (unpaired) electrons. The van der Waals surface area contributed by atoms with E-state index in [1.54, 1.807) is 0 Å².